The number of hydrogen-bond acceptors (Lipinski definition) is 2. The van der Waals surface area contributed by atoms with E-state index in [9.17, 15) is 0 Å². The standard InChI is InChI=1S/C10H20N2/c1-3-8-12(10-4-5-10)9(2)6-7-11/h3,9-10H,1,4-8,11H2,2H3. The zero-order valence-corrected chi connectivity index (χ0v) is 8.00. The van der Waals surface area contributed by atoms with Gasteiger partial charge in [0.1, 0.15) is 0 Å². The first-order valence-corrected chi connectivity index (χ1v) is 4.86. The van der Waals surface area contributed by atoms with E-state index in [-0.39, 0.29) is 0 Å². The molecule has 1 aliphatic rings. The van der Waals surface area contributed by atoms with Crippen LogP contribution in [-0.4, -0.2) is 30.1 Å². The summed E-state index contributed by atoms with van der Waals surface area (Å²) in [5.74, 6) is 0. The lowest BCUT2D eigenvalue weighted by atomic mass is 10.2. The zero-order chi connectivity index (χ0) is 8.97. The highest BCUT2D eigenvalue weighted by Gasteiger charge is 2.30. The molecule has 2 N–H and O–H groups in total. The Labute approximate surface area is 75.4 Å². The van der Waals surface area contributed by atoms with Crippen molar-refractivity contribution in [1.82, 2.24) is 4.90 Å². The van der Waals surface area contributed by atoms with Crippen LogP contribution in [0.2, 0.25) is 0 Å². The van der Waals surface area contributed by atoms with Crippen molar-refractivity contribution in [2.75, 3.05) is 13.1 Å². The Morgan fingerprint density at radius 1 is 1.67 bits per heavy atom. The Morgan fingerprint density at radius 2 is 2.33 bits per heavy atom. The molecule has 0 amide bonds. The predicted molar refractivity (Wildman–Crippen MR) is 53.1 cm³/mol. The normalized spacial score (nSPS) is 19.6. The van der Waals surface area contributed by atoms with Crippen LogP contribution in [0.5, 0.6) is 0 Å². The Kier molecular flexibility index (Phi) is 3.76. The molecule has 2 heteroatoms. The lowest BCUT2D eigenvalue weighted by Crippen LogP contribution is -2.36. The van der Waals surface area contributed by atoms with Gasteiger partial charge in [0.05, 0.1) is 0 Å². The Hall–Kier alpha value is -0.340. The maximum atomic E-state index is 5.53. The van der Waals surface area contributed by atoms with Crippen LogP contribution in [0.4, 0.5) is 0 Å². The molecule has 1 unspecified atom stereocenters. The fourth-order valence-electron chi connectivity index (χ4n) is 1.65. The molecule has 1 saturated carbocycles. The first-order valence-electron chi connectivity index (χ1n) is 4.86. The van der Waals surface area contributed by atoms with Gasteiger partial charge in [-0.1, -0.05) is 6.08 Å². The zero-order valence-electron chi connectivity index (χ0n) is 8.00. The van der Waals surface area contributed by atoms with Crippen molar-refractivity contribution in [3.63, 3.8) is 0 Å². The minimum absolute atomic E-state index is 0.625. The van der Waals surface area contributed by atoms with Gasteiger partial charge < -0.3 is 5.73 Å². The molecule has 0 spiro atoms. The predicted octanol–water partition coefficient (Wildman–Crippen LogP) is 1.37. The molecular weight excluding hydrogens is 148 g/mol. The summed E-state index contributed by atoms with van der Waals surface area (Å²) in [5, 5.41) is 0. The summed E-state index contributed by atoms with van der Waals surface area (Å²) in [5.41, 5.74) is 5.53. The number of nitrogens with two attached hydrogens (primary N) is 1. The molecule has 0 radical (unpaired) electrons. The average Bonchev–Trinajstić information content (AvgIpc) is 2.83. The number of rotatable bonds is 6. The summed E-state index contributed by atoms with van der Waals surface area (Å²) in [6, 6.07) is 1.45. The first kappa shape index (κ1) is 9.75. The highest BCUT2D eigenvalue weighted by molar-refractivity contribution is 4.90. The van der Waals surface area contributed by atoms with Crippen molar-refractivity contribution in [2.45, 2.75) is 38.3 Å². The second-order valence-corrected chi connectivity index (χ2v) is 3.64. The molecular formula is C10H20N2. The van der Waals surface area contributed by atoms with E-state index in [4.69, 9.17) is 5.73 Å². The van der Waals surface area contributed by atoms with Crippen molar-refractivity contribution in [2.24, 2.45) is 5.73 Å². The topological polar surface area (TPSA) is 29.3 Å². The van der Waals surface area contributed by atoms with Gasteiger partial charge in [-0.05, 0) is 32.7 Å². The van der Waals surface area contributed by atoms with Gasteiger partial charge in [0.15, 0.2) is 0 Å². The van der Waals surface area contributed by atoms with Crippen LogP contribution in [0.25, 0.3) is 0 Å². The lowest BCUT2D eigenvalue weighted by molar-refractivity contribution is 0.213. The third-order valence-corrected chi connectivity index (χ3v) is 2.51. The fourth-order valence-corrected chi connectivity index (χ4v) is 1.65. The van der Waals surface area contributed by atoms with Gasteiger partial charge in [-0.2, -0.15) is 0 Å². The number of hydrogen-bond donors (Lipinski definition) is 1. The van der Waals surface area contributed by atoms with E-state index in [1.54, 1.807) is 0 Å². The van der Waals surface area contributed by atoms with Gasteiger partial charge in [0.25, 0.3) is 0 Å². The lowest BCUT2D eigenvalue weighted by Gasteiger charge is -2.27. The molecule has 0 aromatic rings. The van der Waals surface area contributed by atoms with Gasteiger partial charge in [-0.15, -0.1) is 6.58 Å². The van der Waals surface area contributed by atoms with Gasteiger partial charge >= 0.3 is 0 Å². The molecule has 1 rings (SSSR count). The molecule has 0 aromatic carbocycles. The van der Waals surface area contributed by atoms with Gasteiger partial charge in [-0.25, -0.2) is 0 Å². The second kappa shape index (κ2) is 4.63. The van der Waals surface area contributed by atoms with Crippen molar-refractivity contribution >= 4 is 0 Å². The summed E-state index contributed by atoms with van der Waals surface area (Å²) in [7, 11) is 0. The summed E-state index contributed by atoms with van der Waals surface area (Å²) < 4.78 is 0. The third kappa shape index (κ3) is 2.61. The molecule has 0 heterocycles. The summed E-state index contributed by atoms with van der Waals surface area (Å²) in [4.78, 5) is 2.51. The van der Waals surface area contributed by atoms with E-state index in [1.165, 1.54) is 12.8 Å². The average molecular weight is 168 g/mol. The van der Waals surface area contributed by atoms with Crippen molar-refractivity contribution in [3.8, 4) is 0 Å². The van der Waals surface area contributed by atoms with Crippen LogP contribution >= 0.6 is 0 Å². The van der Waals surface area contributed by atoms with Crippen molar-refractivity contribution in [1.29, 1.82) is 0 Å². The van der Waals surface area contributed by atoms with Crippen LogP contribution < -0.4 is 5.73 Å². The SMILES string of the molecule is C=CCN(C(C)CCN)C1CC1. The van der Waals surface area contributed by atoms with E-state index < -0.39 is 0 Å². The molecule has 1 aliphatic carbocycles. The van der Waals surface area contributed by atoms with E-state index in [0.717, 1.165) is 25.6 Å². The molecule has 0 saturated heterocycles. The first-order chi connectivity index (χ1) is 5.79. The Balaban J connectivity index is 2.34. The molecule has 12 heavy (non-hydrogen) atoms. The fraction of sp³-hybridized carbons (Fsp3) is 0.800. The maximum absolute atomic E-state index is 5.53. The smallest absolute Gasteiger partial charge is 0.0166 e. The second-order valence-electron chi connectivity index (χ2n) is 3.64. The van der Waals surface area contributed by atoms with Crippen LogP contribution in [0.15, 0.2) is 12.7 Å². The summed E-state index contributed by atoms with van der Waals surface area (Å²) in [6.07, 6.45) is 5.82. The summed E-state index contributed by atoms with van der Waals surface area (Å²) >= 11 is 0. The highest BCUT2D eigenvalue weighted by Crippen LogP contribution is 2.28. The quantitative estimate of drug-likeness (QED) is 0.607. The van der Waals surface area contributed by atoms with E-state index in [1.807, 2.05) is 6.08 Å². The molecule has 0 aromatic heterocycles. The van der Waals surface area contributed by atoms with E-state index in [0.29, 0.717) is 6.04 Å². The minimum atomic E-state index is 0.625. The molecule has 1 fully saturated rings. The van der Waals surface area contributed by atoms with E-state index >= 15 is 0 Å². The maximum Gasteiger partial charge on any atom is 0.0166 e. The van der Waals surface area contributed by atoms with Gasteiger partial charge in [-0.3, -0.25) is 4.90 Å². The third-order valence-electron chi connectivity index (χ3n) is 2.51. The van der Waals surface area contributed by atoms with Crippen LogP contribution in [0.1, 0.15) is 26.2 Å². The van der Waals surface area contributed by atoms with Crippen LogP contribution in [-0.2, 0) is 0 Å². The molecule has 2 nitrogen and oxygen atoms in total. The van der Waals surface area contributed by atoms with E-state index in [2.05, 4.69) is 18.4 Å². The monoisotopic (exact) mass is 168 g/mol. The Bertz CT molecular complexity index is 141. The van der Waals surface area contributed by atoms with Crippen molar-refractivity contribution < 1.29 is 0 Å². The largest absolute Gasteiger partial charge is 0.330 e. The molecule has 0 bridgehead atoms. The summed E-state index contributed by atoms with van der Waals surface area (Å²) in [6.45, 7) is 7.85. The molecule has 0 aliphatic heterocycles. The molecule has 70 valence electrons. The van der Waals surface area contributed by atoms with Gasteiger partial charge in [0, 0.05) is 18.6 Å². The minimum Gasteiger partial charge on any atom is -0.330 e. The highest BCUT2D eigenvalue weighted by atomic mass is 15.2. The van der Waals surface area contributed by atoms with Crippen LogP contribution in [0, 0.1) is 0 Å². The number of nitrogens with zero attached hydrogens (tertiary/aromatic N) is 1. The van der Waals surface area contributed by atoms with Gasteiger partial charge in [0.2, 0.25) is 0 Å². The van der Waals surface area contributed by atoms with Crippen molar-refractivity contribution in [3.05, 3.63) is 12.7 Å². The molecule has 1 atom stereocenters. The Morgan fingerprint density at radius 3 is 2.75 bits per heavy atom. The van der Waals surface area contributed by atoms with Crippen LogP contribution in [0.3, 0.4) is 0 Å².